The van der Waals surface area contributed by atoms with E-state index in [1.807, 2.05) is 49.4 Å². The Kier molecular flexibility index (Phi) is 5.45. The quantitative estimate of drug-likeness (QED) is 0.386. The minimum Gasteiger partial charge on any atom is -0.494 e. The average Bonchev–Trinajstić information content (AvgIpc) is 3.29. The summed E-state index contributed by atoms with van der Waals surface area (Å²) in [4.78, 5) is 8.29. The van der Waals surface area contributed by atoms with E-state index in [9.17, 15) is 4.39 Å². The van der Waals surface area contributed by atoms with Gasteiger partial charge in [0, 0.05) is 35.2 Å². The smallest absolute Gasteiger partial charge is 0.212 e. The van der Waals surface area contributed by atoms with Crippen LogP contribution in [-0.2, 0) is 0 Å². The molecule has 2 aromatic carbocycles. The predicted molar refractivity (Wildman–Crippen MR) is 125 cm³/mol. The van der Waals surface area contributed by atoms with E-state index in [2.05, 4.69) is 26.6 Å². The number of hydrazone groups is 1. The van der Waals surface area contributed by atoms with Gasteiger partial charge in [0.15, 0.2) is 0 Å². The van der Waals surface area contributed by atoms with Gasteiger partial charge >= 0.3 is 0 Å². The molecule has 0 saturated carbocycles. The van der Waals surface area contributed by atoms with Gasteiger partial charge < -0.3 is 10.2 Å². The Bertz CT molecular complexity index is 1310. The van der Waals surface area contributed by atoms with Gasteiger partial charge in [0.25, 0.3) is 0 Å². The number of nitrogens with zero attached hydrogens (tertiary/aromatic N) is 3. The molecule has 32 heavy (non-hydrogen) atoms. The molecule has 5 nitrogen and oxygen atoms in total. The van der Waals surface area contributed by atoms with E-state index in [4.69, 9.17) is 16.3 Å². The third-order valence-corrected chi connectivity index (χ3v) is 5.79. The van der Waals surface area contributed by atoms with Crippen molar-refractivity contribution in [2.24, 2.45) is 5.10 Å². The van der Waals surface area contributed by atoms with Gasteiger partial charge in [-0.1, -0.05) is 35.9 Å². The first kappa shape index (κ1) is 20.4. The zero-order valence-electron chi connectivity index (χ0n) is 17.3. The highest BCUT2D eigenvalue weighted by Gasteiger charge is 2.24. The number of benzene rings is 2. The van der Waals surface area contributed by atoms with Crippen LogP contribution in [-0.4, -0.2) is 22.3 Å². The van der Waals surface area contributed by atoms with E-state index < -0.39 is 5.95 Å². The van der Waals surface area contributed by atoms with Gasteiger partial charge in [-0.25, -0.2) is 9.97 Å². The Labute approximate surface area is 189 Å². The first-order valence-electron chi connectivity index (χ1n) is 10.4. The van der Waals surface area contributed by atoms with Crippen molar-refractivity contribution in [1.82, 2.24) is 15.4 Å². The lowest BCUT2D eigenvalue weighted by molar-refractivity contribution is 0.340. The maximum Gasteiger partial charge on any atom is 0.212 e. The number of pyridine rings is 2. The van der Waals surface area contributed by atoms with Crippen molar-refractivity contribution in [2.75, 3.05) is 6.61 Å². The highest BCUT2D eigenvalue weighted by molar-refractivity contribution is 6.30. The largest absolute Gasteiger partial charge is 0.494 e. The van der Waals surface area contributed by atoms with Gasteiger partial charge in [-0.3, -0.25) is 0 Å². The van der Waals surface area contributed by atoms with E-state index in [1.165, 1.54) is 12.3 Å². The van der Waals surface area contributed by atoms with Crippen LogP contribution in [0.25, 0.3) is 22.0 Å². The first-order valence-corrected chi connectivity index (χ1v) is 10.8. The molecule has 1 aliphatic rings. The number of rotatable bonds is 5. The van der Waals surface area contributed by atoms with Crippen LogP contribution in [0.5, 0.6) is 5.75 Å². The molecule has 0 spiro atoms. The maximum absolute atomic E-state index is 13.1. The van der Waals surface area contributed by atoms with Crippen molar-refractivity contribution in [3.8, 4) is 16.9 Å². The Morgan fingerprint density at radius 1 is 1.03 bits per heavy atom. The molecule has 0 fully saturated rings. The molecule has 1 N–H and O–H groups in total. The van der Waals surface area contributed by atoms with Gasteiger partial charge in [0.1, 0.15) is 10.9 Å². The van der Waals surface area contributed by atoms with Crippen molar-refractivity contribution >= 4 is 28.2 Å². The minimum absolute atomic E-state index is 0.0538. The van der Waals surface area contributed by atoms with Crippen LogP contribution in [0.2, 0.25) is 5.15 Å². The van der Waals surface area contributed by atoms with Gasteiger partial charge in [0.2, 0.25) is 5.95 Å². The summed E-state index contributed by atoms with van der Waals surface area (Å²) in [5.74, 6) is 0.292. The first-order chi connectivity index (χ1) is 15.6. The summed E-state index contributed by atoms with van der Waals surface area (Å²) < 4.78 is 18.6. The molecule has 7 heteroatoms. The molecule has 5 rings (SSSR count). The topological polar surface area (TPSA) is 59.4 Å². The number of halogens is 2. The summed E-state index contributed by atoms with van der Waals surface area (Å²) in [7, 11) is 0. The second kappa shape index (κ2) is 8.55. The van der Waals surface area contributed by atoms with E-state index in [-0.39, 0.29) is 6.04 Å². The molecular formula is C25H20ClFN4O. The van der Waals surface area contributed by atoms with E-state index >= 15 is 0 Å². The fourth-order valence-corrected chi connectivity index (χ4v) is 4.12. The summed E-state index contributed by atoms with van der Waals surface area (Å²) in [5, 5.41) is 5.99. The molecule has 160 valence electrons. The van der Waals surface area contributed by atoms with Crippen LogP contribution in [0, 0.1) is 5.95 Å². The molecule has 0 aliphatic carbocycles. The van der Waals surface area contributed by atoms with Crippen LogP contribution >= 0.6 is 11.6 Å². The standard InChI is InChI=1S/C25H20ClFN4O/c1-2-32-19-9-7-17-11-20(25(26)29-21(17)12-19)23-13-22(30-31-23)16-5-3-15(4-6-16)18-8-10-24(27)28-14-18/h3-12,14,23,31H,2,13H2,1H3. The monoisotopic (exact) mass is 446 g/mol. The van der Waals surface area contributed by atoms with Gasteiger partial charge in [-0.05, 0) is 48.4 Å². The van der Waals surface area contributed by atoms with Crippen molar-refractivity contribution < 1.29 is 9.13 Å². The Balaban J connectivity index is 1.34. The molecule has 0 radical (unpaired) electrons. The van der Waals surface area contributed by atoms with Crippen LogP contribution in [0.3, 0.4) is 0 Å². The third-order valence-electron chi connectivity index (χ3n) is 5.49. The molecule has 0 saturated heterocycles. The summed E-state index contributed by atoms with van der Waals surface area (Å²) in [6, 6.07) is 18.9. The van der Waals surface area contributed by atoms with Gasteiger partial charge in [-0.2, -0.15) is 9.49 Å². The molecule has 1 aliphatic heterocycles. The molecular weight excluding hydrogens is 427 g/mol. The summed E-state index contributed by atoms with van der Waals surface area (Å²) in [5.41, 5.74) is 8.71. The number of aromatic nitrogens is 2. The zero-order chi connectivity index (χ0) is 22.1. The van der Waals surface area contributed by atoms with Crippen LogP contribution < -0.4 is 10.2 Å². The third kappa shape index (κ3) is 4.01. The Morgan fingerprint density at radius 2 is 1.81 bits per heavy atom. The highest BCUT2D eigenvalue weighted by Crippen LogP contribution is 2.32. The minimum atomic E-state index is -0.487. The fourth-order valence-electron chi connectivity index (χ4n) is 3.84. The summed E-state index contributed by atoms with van der Waals surface area (Å²) in [6.07, 6.45) is 2.22. The van der Waals surface area contributed by atoms with Gasteiger partial charge in [-0.15, -0.1) is 0 Å². The van der Waals surface area contributed by atoms with Crippen molar-refractivity contribution in [2.45, 2.75) is 19.4 Å². The normalized spacial score (nSPS) is 15.5. The summed E-state index contributed by atoms with van der Waals surface area (Å²) in [6.45, 7) is 2.55. The Morgan fingerprint density at radius 3 is 2.56 bits per heavy atom. The van der Waals surface area contributed by atoms with Crippen molar-refractivity contribution in [3.05, 3.63) is 89.1 Å². The van der Waals surface area contributed by atoms with Crippen molar-refractivity contribution in [1.29, 1.82) is 0 Å². The molecule has 2 aromatic heterocycles. The predicted octanol–water partition coefficient (Wildman–Crippen LogP) is 5.93. The zero-order valence-corrected chi connectivity index (χ0v) is 18.1. The molecule has 0 bridgehead atoms. The van der Waals surface area contributed by atoms with E-state index in [0.29, 0.717) is 18.2 Å². The number of fused-ring (bicyclic) bond motifs is 1. The second-order valence-electron chi connectivity index (χ2n) is 7.55. The molecule has 3 heterocycles. The average molecular weight is 447 g/mol. The lowest BCUT2D eigenvalue weighted by atomic mass is 9.97. The fraction of sp³-hybridized carbons (Fsp3) is 0.160. The second-order valence-corrected chi connectivity index (χ2v) is 7.91. The summed E-state index contributed by atoms with van der Waals surface area (Å²) >= 11 is 6.53. The lowest BCUT2D eigenvalue weighted by Crippen LogP contribution is -2.11. The van der Waals surface area contributed by atoms with Gasteiger partial charge in [0.05, 0.1) is 23.9 Å². The number of nitrogens with one attached hydrogen (secondary N) is 1. The highest BCUT2D eigenvalue weighted by atomic mass is 35.5. The number of hydrogen-bond acceptors (Lipinski definition) is 5. The SMILES string of the molecule is CCOc1ccc2cc(C3CC(c4ccc(-c5ccc(F)nc5)cc4)=NN3)c(Cl)nc2c1. The van der Waals surface area contributed by atoms with E-state index in [1.54, 1.807) is 6.07 Å². The maximum atomic E-state index is 13.1. The molecule has 0 amide bonds. The molecule has 1 unspecified atom stereocenters. The van der Waals surface area contributed by atoms with E-state index in [0.717, 1.165) is 44.6 Å². The van der Waals surface area contributed by atoms with Crippen LogP contribution in [0.1, 0.15) is 30.5 Å². The molecule has 1 atom stereocenters. The van der Waals surface area contributed by atoms with Crippen LogP contribution in [0.4, 0.5) is 4.39 Å². The Hall–Kier alpha value is -3.51. The van der Waals surface area contributed by atoms with Crippen molar-refractivity contribution in [3.63, 3.8) is 0 Å². The number of hydrogen-bond donors (Lipinski definition) is 1. The number of ether oxygens (including phenoxy) is 1. The van der Waals surface area contributed by atoms with Crippen LogP contribution in [0.15, 0.2) is 72.0 Å². The molecule has 4 aromatic rings. The lowest BCUT2D eigenvalue weighted by Gasteiger charge is -2.13.